The highest BCUT2D eigenvalue weighted by Gasteiger charge is 2.19. The number of benzene rings is 1. The molecule has 0 bridgehead atoms. The fourth-order valence-electron chi connectivity index (χ4n) is 1.68. The first-order chi connectivity index (χ1) is 8.13. The molecule has 0 spiro atoms. The summed E-state index contributed by atoms with van der Waals surface area (Å²) >= 11 is 0. The molecule has 2 aromatic rings. The lowest BCUT2D eigenvalue weighted by Gasteiger charge is -2.03. The van der Waals surface area contributed by atoms with Gasteiger partial charge in [0.05, 0.1) is 10.5 Å². The summed E-state index contributed by atoms with van der Waals surface area (Å²) in [6.45, 7) is 1.76. The lowest BCUT2D eigenvalue weighted by atomic mass is 10.0. The summed E-state index contributed by atoms with van der Waals surface area (Å²) in [7, 11) is 0. The molecule has 0 fully saturated rings. The minimum absolute atomic E-state index is 0.0307. The van der Waals surface area contributed by atoms with Crippen molar-refractivity contribution in [3.05, 3.63) is 51.8 Å². The minimum Gasteiger partial charge on any atom is -0.453 e. The molecule has 0 saturated carbocycles. The van der Waals surface area contributed by atoms with Crippen molar-refractivity contribution in [2.45, 2.75) is 6.92 Å². The molecular formula is C12H9NO4. The molecule has 5 heteroatoms. The van der Waals surface area contributed by atoms with Crippen LogP contribution in [0.3, 0.4) is 0 Å². The molecule has 0 radical (unpaired) electrons. The number of hydrogen-bond donors (Lipinski definition) is 0. The number of aldehydes is 1. The van der Waals surface area contributed by atoms with Gasteiger partial charge < -0.3 is 4.42 Å². The molecule has 1 heterocycles. The maximum absolute atomic E-state index is 10.9. The van der Waals surface area contributed by atoms with E-state index >= 15 is 0 Å². The van der Waals surface area contributed by atoms with Crippen LogP contribution in [0.2, 0.25) is 0 Å². The Bertz CT molecular complexity index is 586. The number of carbonyl (C=O) groups excluding carboxylic acids is 1. The molecule has 0 aliphatic carbocycles. The van der Waals surface area contributed by atoms with Gasteiger partial charge in [-0.3, -0.25) is 14.9 Å². The summed E-state index contributed by atoms with van der Waals surface area (Å²) < 4.78 is 5.22. The molecule has 1 aromatic carbocycles. The molecular weight excluding hydrogens is 222 g/mol. The highest BCUT2D eigenvalue weighted by molar-refractivity contribution is 5.77. The van der Waals surface area contributed by atoms with Crippen LogP contribution in [-0.2, 0) is 0 Å². The van der Waals surface area contributed by atoms with Crippen LogP contribution in [0.1, 0.15) is 16.1 Å². The Morgan fingerprint density at radius 3 is 2.65 bits per heavy atom. The van der Waals surface area contributed by atoms with Gasteiger partial charge in [-0.05, 0) is 24.6 Å². The number of rotatable bonds is 3. The molecule has 1 aromatic heterocycles. The van der Waals surface area contributed by atoms with E-state index in [1.807, 2.05) is 0 Å². The fraction of sp³-hybridized carbons (Fsp3) is 0.0833. The zero-order valence-electron chi connectivity index (χ0n) is 9.04. The Morgan fingerprint density at radius 1 is 1.29 bits per heavy atom. The summed E-state index contributed by atoms with van der Waals surface area (Å²) in [5.74, 6) is 0.481. The molecule has 0 amide bonds. The third-order valence-corrected chi connectivity index (χ3v) is 2.44. The largest absolute Gasteiger partial charge is 0.453 e. The molecule has 0 aliphatic rings. The second-order valence-corrected chi connectivity index (χ2v) is 3.55. The predicted molar refractivity (Wildman–Crippen MR) is 60.9 cm³/mol. The fourth-order valence-corrected chi connectivity index (χ4v) is 1.68. The van der Waals surface area contributed by atoms with Crippen LogP contribution >= 0.6 is 0 Å². The van der Waals surface area contributed by atoms with Crippen LogP contribution in [0.4, 0.5) is 5.69 Å². The maximum Gasteiger partial charge on any atom is 0.280 e. The Kier molecular flexibility index (Phi) is 2.74. The van der Waals surface area contributed by atoms with Gasteiger partial charge in [0.2, 0.25) is 0 Å². The van der Waals surface area contributed by atoms with E-state index in [0.29, 0.717) is 17.6 Å². The standard InChI is InChI=1S/C12H9NO4/c1-8-3-2-4-10(13(15)16)12(8)11-6-5-9(7-14)17-11/h2-7H,1H3. The number of nitro benzene ring substituents is 1. The van der Waals surface area contributed by atoms with Gasteiger partial charge >= 0.3 is 0 Å². The minimum atomic E-state index is -0.467. The maximum atomic E-state index is 10.9. The smallest absolute Gasteiger partial charge is 0.280 e. The van der Waals surface area contributed by atoms with Crippen molar-refractivity contribution in [1.29, 1.82) is 0 Å². The lowest BCUT2D eigenvalue weighted by molar-refractivity contribution is -0.384. The van der Waals surface area contributed by atoms with Crippen molar-refractivity contribution in [2.75, 3.05) is 0 Å². The van der Waals surface area contributed by atoms with E-state index in [0.717, 1.165) is 5.56 Å². The number of nitrogens with zero attached hydrogens (tertiary/aromatic N) is 1. The quantitative estimate of drug-likeness (QED) is 0.462. The number of furan rings is 1. The van der Waals surface area contributed by atoms with E-state index in [1.165, 1.54) is 12.1 Å². The van der Waals surface area contributed by atoms with E-state index < -0.39 is 4.92 Å². The van der Waals surface area contributed by atoms with E-state index in [2.05, 4.69) is 0 Å². The molecule has 0 saturated heterocycles. The van der Waals surface area contributed by atoms with Gasteiger partial charge in [-0.2, -0.15) is 0 Å². The highest BCUT2D eigenvalue weighted by Crippen LogP contribution is 2.33. The second-order valence-electron chi connectivity index (χ2n) is 3.55. The number of hydrogen-bond acceptors (Lipinski definition) is 4. The number of aryl methyl sites for hydroxylation is 1. The van der Waals surface area contributed by atoms with Crippen molar-refractivity contribution in [3.63, 3.8) is 0 Å². The predicted octanol–water partition coefficient (Wildman–Crippen LogP) is 2.98. The van der Waals surface area contributed by atoms with Crippen LogP contribution in [0, 0.1) is 17.0 Å². The van der Waals surface area contributed by atoms with Gasteiger partial charge in [0, 0.05) is 6.07 Å². The first-order valence-electron chi connectivity index (χ1n) is 4.93. The van der Waals surface area contributed by atoms with Crippen LogP contribution < -0.4 is 0 Å². The molecule has 17 heavy (non-hydrogen) atoms. The third kappa shape index (κ3) is 1.94. The van der Waals surface area contributed by atoms with Gasteiger partial charge in [0.25, 0.3) is 5.69 Å². The normalized spacial score (nSPS) is 10.2. The summed E-state index contributed by atoms with van der Waals surface area (Å²) in [5, 5.41) is 10.9. The van der Waals surface area contributed by atoms with Crippen LogP contribution in [0.25, 0.3) is 11.3 Å². The number of nitro groups is 1. The summed E-state index contributed by atoms with van der Waals surface area (Å²) in [4.78, 5) is 21.0. The van der Waals surface area contributed by atoms with Gasteiger partial charge in [-0.25, -0.2) is 0 Å². The zero-order valence-corrected chi connectivity index (χ0v) is 9.04. The Morgan fingerprint density at radius 2 is 2.06 bits per heavy atom. The molecule has 0 N–H and O–H groups in total. The van der Waals surface area contributed by atoms with Crippen molar-refractivity contribution in [1.82, 2.24) is 0 Å². The molecule has 0 aliphatic heterocycles. The van der Waals surface area contributed by atoms with Gasteiger partial charge in [0.1, 0.15) is 5.76 Å². The summed E-state index contributed by atoms with van der Waals surface area (Å²) in [5.41, 5.74) is 1.10. The van der Waals surface area contributed by atoms with E-state index in [1.54, 1.807) is 25.1 Å². The van der Waals surface area contributed by atoms with Crippen molar-refractivity contribution < 1.29 is 14.1 Å². The summed E-state index contributed by atoms with van der Waals surface area (Å²) in [6, 6.07) is 7.81. The second kappa shape index (κ2) is 4.21. The first-order valence-corrected chi connectivity index (χ1v) is 4.93. The molecule has 86 valence electrons. The Balaban J connectivity index is 2.64. The van der Waals surface area contributed by atoms with E-state index in [4.69, 9.17) is 4.42 Å². The highest BCUT2D eigenvalue weighted by atomic mass is 16.6. The van der Waals surface area contributed by atoms with Crippen molar-refractivity contribution >= 4 is 12.0 Å². The van der Waals surface area contributed by atoms with E-state index in [-0.39, 0.29) is 11.4 Å². The van der Waals surface area contributed by atoms with Crippen LogP contribution in [0.5, 0.6) is 0 Å². The van der Waals surface area contributed by atoms with Crippen molar-refractivity contribution in [2.24, 2.45) is 0 Å². The molecule has 5 nitrogen and oxygen atoms in total. The average molecular weight is 231 g/mol. The zero-order chi connectivity index (χ0) is 12.4. The SMILES string of the molecule is Cc1cccc([N+](=O)[O-])c1-c1ccc(C=O)o1. The Hall–Kier alpha value is -2.43. The topological polar surface area (TPSA) is 73.3 Å². The van der Waals surface area contributed by atoms with Crippen LogP contribution in [-0.4, -0.2) is 11.2 Å². The molecule has 0 unspecified atom stereocenters. The van der Waals surface area contributed by atoms with Crippen molar-refractivity contribution in [3.8, 4) is 11.3 Å². The van der Waals surface area contributed by atoms with E-state index in [9.17, 15) is 14.9 Å². The van der Waals surface area contributed by atoms with Crippen LogP contribution in [0.15, 0.2) is 34.7 Å². The lowest BCUT2D eigenvalue weighted by Crippen LogP contribution is -1.93. The average Bonchev–Trinajstić information content (AvgIpc) is 2.76. The van der Waals surface area contributed by atoms with Gasteiger partial charge in [-0.1, -0.05) is 12.1 Å². The Labute approximate surface area is 96.8 Å². The monoisotopic (exact) mass is 231 g/mol. The third-order valence-electron chi connectivity index (χ3n) is 2.44. The molecule has 0 atom stereocenters. The summed E-state index contributed by atoms with van der Waals surface area (Å²) in [6.07, 6.45) is 0.563. The number of carbonyl (C=O) groups is 1. The first kappa shape index (κ1) is 11.1. The molecule has 2 rings (SSSR count). The van der Waals surface area contributed by atoms with Gasteiger partial charge in [0.15, 0.2) is 12.0 Å². The van der Waals surface area contributed by atoms with Gasteiger partial charge in [-0.15, -0.1) is 0 Å².